The molecule has 1 aromatic carbocycles. The Bertz CT molecular complexity index is 448. The highest BCUT2D eigenvalue weighted by Crippen LogP contribution is 2.28. The number of nitro groups is 1. The molecule has 0 bridgehead atoms. The van der Waals surface area contributed by atoms with E-state index in [-0.39, 0.29) is 10.7 Å². The minimum absolute atomic E-state index is 0.0219. The Morgan fingerprint density at radius 3 is 2.95 bits per heavy atom. The second-order valence-electron chi connectivity index (χ2n) is 4.66. The zero-order chi connectivity index (χ0) is 13.7. The first-order valence-corrected chi connectivity index (χ1v) is 6.85. The van der Waals surface area contributed by atoms with Crippen molar-refractivity contribution in [3.63, 3.8) is 0 Å². The minimum Gasteiger partial charge on any atom is -0.492 e. The van der Waals surface area contributed by atoms with Crippen molar-refractivity contribution in [1.82, 2.24) is 5.32 Å². The number of nitrogens with one attached hydrogen (secondary N) is 1. The van der Waals surface area contributed by atoms with Gasteiger partial charge in [0.25, 0.3) is 5.69 Å². The van der Waals surface area contributed by atoms with Crippen LogP contribution in [0.2, 0.25) is 5.02 Å². The Labute approximate surface area is 117 Å². The predicted octanol–water partition coefficient (Wildman–Crippen LogP) is 3.16. The van der Waals surface area contributed by atoms with Crippen molar-refractivity contribution in [1.29, 1.82) is 0 Å². The first kappa shape index (κ1) is 14.1. The van der Waals surface area contributed by atoms with Crippen molar-refractivity contribution in [2.75, 3.05) is 13.2 Å². The molecular weight excluding hydrogens is 268 g/mol. The quantitative estimate of drug-likeness (QED) is 0.666. The number of nitrogens with zero attached hydrogens (tertiary/aromatic N) is 1. The molecule has 1 aromatic rings. The lowest BCUT2D eigenvalue weighted by Gasteiger charge is -2.23. The molecular formula is C13H17ClN2O3. The number of rotatable bonds is 5. The third kappa shape index (κ3) is 4.08. The number of hydrogen-bond acceptors (Lipinski definition) is 4. The minimum atomic E-state index is -0.471. The van der Waals surface area contributed by atoms with E-state index in [1.165, 1.54) is 31.4 Å². The van der Waals surface area contributed by atoms with Gasteiger partial charge in [-0.05, 0) is 31.9 Å². The number of piperidine rings is 1. The van der Waals surface area contributed by atoms with Crippen LogP contribution in [-0.2, 0) is 0 Å². The van der Waals surface area contributed by atoms with Crippen LogP contribution in [0.25, 0.3) is 0 Å². The number of hydrogen-bond donors (Lipinski definition) is 1. The summed E-state index contributed by atoms with van der Waals surface area (Å²) in [6.45, 7) is 1.64. The van der Waals surface area contributed by atoms with Crippen molar-refractivity contribution in [2.45, 2.75) is 31.7 Å². The smallest absolute Gasteiger partial charge is 0.271 e. The van der Waals surface area contributed by atoms with E-state index in [9.17, 15) is 10.1 Å². The maximum Gasteiger partial charge on any atom is 0.271 e. The van der Waals surface area contributed by atoms with Gasteiger partial charge in [0.2, 0.25) is 0 Å². The molecule has 0 amide bonds. The van der Waals surface area contributed by atoms with E-state index in [4.69, 9.17) is 16.3 Å². The highest BCUT2D eigenvalue weighted by molar-refractivity contribution is 6.32. The van der Waals surface area contributed by atoms with E-state index in [2.05, 4.69) is 5.32 Å². The second kappa shape index (κ2) is 6.73. The van der Waals surface area contributed by atoms with Crippen LogP contribution in [0.4, 0.5) is 5.69 Å². The van der Waals surface area contributed by atoms with E-state index in [1.54, 1.807) is 6.07 Å². The summed E-state index contributed by atoms with van der Waals surface area (Å²) in [5, 5.41) is 14.3. The summed E-state index contributed by atoms with van der Waals surface area (Å²) in [5.74, 6) is 0.503. The van der Waals surface area contributed by atoms with Crippen LogP contribution in [-0.4, -0.2) is 24.1 Å². The van der Waals surface area contributed by atoms with E-state index >= 15 is 0 Å². The van der Waals surface area contributed by atoms with Gasteiger partial charge in [-0.15, -0.1) is 0 Å². The predicted molar refractivity (Wildman–Crippen MR) is 73.9 cm³/mol. The molecule has 0 spiro atoms. The lowest BCUT2D eigenvalue weighted by Crippen LogP contribution is -2.35. The van der Waals surface area contributed by atoms with Gasteiger partial charge in [0.15, 0.2) is 0 Å². The number of nitro benzene ring substituents is 1. The highest BCUT2D eigenvalue weighted by Gasteiger charge is 2.13. The Hall–Kier alpha value is -1.33. The fourth-order valence-electron chi connectivity index (χ4n) is 2.20. The second-order valence-corrected chi connectivity index (χ2v) is 5.06. The van der Waals surface area contributed by atoms with Crippen molar-refractivity contribution in [2.24, 2.45) is 0 Å². The first-order valence-electron chi connectivity index (χ1n) is 6.47. The molecule has 19 heavy (non-hydrogen) atoms. The largest absolute Gasteiger partial charge is 0.492 e. The average molecular weight is 285 g/mol. The maximum absolute atomic E-state index is 10.6. The average Bonchev–Trinajstić information content (AvgIpc) is 2.41. The van der Waals surface area contributed by atoms with Crippen LogP contribution in [0.15, 0.2) is 18.2 Å². The molecule has 1 aliphatic rings. The summed E-state index contributed by atoms with van der Waals surface area (Å²) in [4.78, 5) is 10.1. The monoisotopic (exact) mass is 284 g/mol. The summed E-state index contributed by atoms with van der Waals surface area (Å²) < 4.78 is 5.58. The van der Waals surface area contributed by atoms with Crippen LogP contribution in [0.3, 0.4) is 0 Å². The molecule has 6 heteroatoms. The molecule has 1 heterocycles. The third-order valence-electron chi connectivity index (χ3n) is 3.26. The Morgan fingerprint density at radius 2 is 2.32 bits per heavy atom. The topological polar surface area (TPSA) is 64.4 Å². The fourth-order valence-corrected chi connectivity index (χ4v) is 2.43. The summed E-state index contributed by atoms with van der Waals surface area (Å²) in [5.41, 5.74) is -0.0219. The lowest BCUT2D eigenvalue weighted by molar-refractivity contribution is -0.384. The zero-order valence-electron chi connectivity index (χ0n) is 10.6. The molecule has 2 rings (SSSR count). The molecule has 1 saturated heterocycles. The van der Waals surface area contributed by atoms with Gasteiger partial charge in [0.05, 0.1) is 16.6 Å². The number of benzene rings is 1. The van der Waals surface area contributed by atoms with Gasteiger partial charge in [-0.2, -0.15) is 0 Å². The van der Waals surface area contributed by atoms with Gasteiger partial charge in [0, 0.05) is 18.2 Å². The Balaban J connectivity index is 1.83. The molecule has 0 saturated carbocycles. The van der Waals surface area contributed by atoms with Crippen LogP contribution in [0, 0.1) is 10.1 Å². The maximum atomic E-state index is 10.6. The van der Waals surface area contributed by atoms with Crippen molar-refractivity contribution in [3.8, 4) is 5.75 Å². The van der Waals surface area contributed by atoms with Crippen molar-refractivity contribution >= 4 is 17.3 Å². The molecule has 1 N–H and O–H groups in total. The standard InChI is InChI=1S/C13H17ClN2O3/c14-12-9-11(16(17)18)4-5-13(12)19-8-6-10-3-1-2-7-15-10/h4-5,9-10,15H,1-3,6-8H2/t10-/m0/s1. The molecule has 104 valence electrons. The Morgan fingerprint density at radius 1 is 1.47 bits per heavy atom. The molecule has 5 nitrogen and oxygen atoms in total. The lowest BCUT2D eigenvalue weighted by atomic mass is 10.0. The normalized spacial score (nSPS) is 19.1. The molecule has 0 radical (unpaired) electrons. The van der Waals surface area contributed by atoms with Crippen molar-refractivity contribution < 1.29 is 9.66 Å². The van der Waals surface area contributed by atoms with Gasteiger partial charge in [-0.25, -0.2) is 0 Å². The number of ether oxygens (including phenoxy) is 1. The summed E-state index contributed by atoms with van der Waals surface area (Å²) in [7, 11) is 0. The van der Waals surface area contributed by atoms with Crippen LogP contribution >= 0.6 is 11.6 Å². The fraction of sp³-hybridized carbons (Fsp3) is 0.538. The van der Waals surface area contributed by atoms with Crippen LogP contribution < -0.4 is 10.1 Å². The zero-order valence-corrected chi connectivity index (χ0v) is 11.4. The van der Waals surface area contributed by atoms with Gasteiger partial charge in [-0.1, -0.05) is 18.0 Å². The van der Waals surface area contributed by atoms with E-state index in [0.717, 1.165) is 13.0 Å². The van der Waals surface area contributed by atoms with Gasteiger partial charge in [-0.3, -0.25) is 10.1 Å². The van der Waals surface area contributed by atoms with Crippen molar-refractivity contribution in [3.05, 3.63) is 33.3 Å². The molecule has 0 aliphatic carbocycles. The molecule has 1 aliphatic heterocycles. The SMILES string of the molecule is O=[N+]([O-])c1ccc(OCC[C@@H]2CCCCN2)c(Cl)c1. The van der Waals surface area contributed by atoms with E-state index < -0.39 is 4.92 Å². The molecule has 0 aromatic heterocycles. The summed E-state index contributed by atoms with van der Waals surface area (Å²) in [6.07, 6.45) is 4.60. The molecule has 1 fully saturated rings. The first-order chi connectivity index (χ1) is 9.16. The van der Waals surface area contributed by atoms with Gasteiger partial charge >= 0.3 is 0 Å². The van der Waals surface area contributed by atoms with Crippen LogP contribution in [0.1, 0.15) is 25.7 Å². The van der Waals surface area contributed by atoms with E-state index in [1.807, 2.05) is 0 Å². The van der Waals surface area contributed by atoms with Gasteiger partial charge < -0.3 is 10.1 Å². The highest BCUT2D eigenvalue weighted by atomic mass is 35.5. The molecule has 1 atom stereocenters. The summed E-state index contributed by atoms with van der Waals surface area (Å²) in [6, 6.07) is 4.77. The number of non-ortho nitro benzene ring substituents is 1. The Kier molecular flexibility index (Phi) is 4.99. The van der Waals surface area contributed by atoms with E-state index in [0.29, 0.717) is 18.4 Å². The third-order valence-corrected chi connectivity index (χ3v) is 3.56. The number of halogens is 1. The molecule has 0 unspecified atom stereocenters. The van der Waals surface area contributed by atoms with Gasteiger partial charge in [0.1, 0.15) is 5.75 Å². The van der Waals surface area contributed by atoms with Crippen LogP contribution in [0.5, 0.6) is 5.75 Å². The summed E-state index contributed by atoms with van der Waals surface area (Å²) >= 11 is 5.95.